The third kappa shape index (κ3) is 5.96. The van der Waals surface area contributed by atoms with Gasteiger partial charge in [0.05, 0.1) is 21.7 Å². The van der Waals surface area contributed by atoms with E-state index in [0.717, 1.165) is 31.2 Å². The van der Waals surface area contributed by atoms with Gasteiger partial charge in [0.25, 0.3) is 0 Å². The maximum Gasteiger partial charge on any atom is 0.387 e. The Morgan fingerprint density at radius 1 is 1.22 bits per heavy atom. The molecule has 0 aliphatic heterocycles. The standard InChI is InChI=1S/C26H22ClF3N2O5/c1-13-10-20(32(36)12-18(13)22-21(37-26(29)30)9-8-19(27)23(22)28)17(11-14-2-3-14)24(33)31-16-6-4-15(5-7-16)25(34)35/h4-10,12,14,17,26H,2-3,11H2,1H3,(H,31,33)(H,34,35)/t17-/m1/s1. The number of carbonyl (C=O) groups excluding carboxylic acids is 1. The maximum absolute atomic E-state index is 14.9. The molecule has 1 amide bonds. The largest absolute Gasteiger partial charge is 0.618 e. The van der Waals surface area contributed by atoms with Crippen molar-refractivity contribution in [3.63, 3.8) is 0 Å². The fourth-order valence-corrected chi connectivity index (χ4v) is 4.28. The highest BCUT2D eigenvalue weighted by molar-refractivity contribution is 6.31. The molecule has 1 aromatic heterocycles. The zero-order valence-electron chi connectivity index (χ0n) is 19.5. The quantitative estimate of drug-likeness (QED) is 0.262. The number of aromatic carboxylic acids is 1. The number of rotatable bonds is 9. The first-order valence-corrected chi connectivity index (χ1v) is 11.7. The summed E-state index contributed by atoms with van der Waals surface area (Å²) in [6, 6.07) is 9.18. The van der Waals surface area contributed by atoms with Crippen LogP contribution in [-0.2, 0) is 4.79 Å². The van der Waals surface area contributed by atoms with Crippen molar-refractivity contribution in [3.8, 4) is 16.9 Å². The third-order valence-corrected chi connectivity index (χ3v) is 6.46. The van der Waals surface area contributed by atoms with E-state index in [-0.39, 0.29) is 33.3 Å². The first kappa shape index (κ1) is 26.3. The summed E-state index contributed by atoms with van der Waals surface area (Å²) in [5.74, 6) is -3.69. The van der Waals surface area contributed by atoms with Crippen LogP contribution in [0, 0.1) is 23.9 Å². The number of carboxylic acids is 1. The van der Waals surface area contributed by atoms with Gasteiger partial charge in [-0.05, 0) is 61.2 Å². The molecule has 37 heavy (non-hydrogen) atoms. The van der Waals surface area contributed by atoms with Crippen molar-refractivity contribution in [2.45, 2.75) is 38.7 Å². The number of nitrogens with one attached hydrogen (secondary N) is 1. The van der Waals surface area contributed by atoms with Crippen molar-refractivity contribution in [2.24, 2.45) is 5.92 Å². The Morgan fingerprint density at radius 3 is 2.49 bits per heavy atom. The lowest BCUT2D eigenvalue weighted by atomic mass is 9.93. The number of alkyl halides is 2. The predicted molar refractivity (Wildman–Crippen MR) is 129 cm³/mol. The molecule has 1 aliphatic rings. The molecule has 1 atom stereocenters. The lowest BCUT2D eigenvalue weighted by Crippen LogP contribution is -2.38. The first-order chi connectivity index (χ1) is 17.5. The maximum atomic E-state index is 14.9. The minimum atomic E-state index is -3.23. The summed E-state index contributed by atoms with van der Waals surface area (Å²) in [6.45, 7) is -1.67. The molecule has 3 aromatic rings. The van der Waals surface area contributed by atoms with Crippen LogP contribution in [0.5, 0.6) is 5.75 Å². The molecule has 11 heteroatoms. The van der Waals surface area contributed by atoms with Crippen LogP contribution in [0.3, 0.4) is 0 Å². The van der Waals surface area contributed by atoms with E-state index in [2.05, 4.69) is 10.1 Å². The first-order valence-electron chi connectivity index (χ1n) is 11.4. The van der Waals surface area contributed by atoms with Crippen molar-refractivity contribution in [1.82, 2.24) is 0 Å². The summed E-state index contributed by atoms with van der Waals surface area (Å²) in [5.41, 5.74) is 0.469. The Morgan fingerprint density at radius 2 is 1.89 bits per heavy atom. The topological polar surface area (TPSA) is 103 Å². The van der Waals surface area contributed by atoms with Crippen LogP contribution in [0.25, 0.3) is 11.1 Å². The number of nitrogens with zero attached hydrogens (tertiary/aromatic N) is 1. The lowest BCUT2D eigenvalue weighted by Gasteiger charge is -2.19. The Labute approximate surface area is 215 Å². The second-order valence-electron chi connectivity index (χ2n) is 8.84. The van der Waals surface area contributed by atoms with E-state index in [9.17, 15) is 28.0 Å². The van der Waals surface area contributed by atoms with Crippen molar-refractivity contribution >= 4 is 29.2 Å². The molecular formula is C26H22ClF3N2O5. The molecule has 0 radical (unpaired) electrons. The van der Waals surface area contributed by atoms with E-state index in [4.69, 9.17) is 16.7 Å². The molecule has 7 nitrogen and oxygen atoms in total. The van der Waals surface area contributed by atoms with E-state index in [1.54, 1.807) is 6.92 Å². The molecule has 0 unspecified atom stereocenters. The van der Waals surface area contributed by atoms with E-state index in [1.165, 1.54) is 30.3 Å². The van der Waals surface area contributed by atoms with Crippen LogP contribution in [0.4, 0.5) is 18.9 Å². The van der Waals surface area contributed by atoms with Crippen molar-refractivity contribution in [2.75, 3.05) is 5.32 Å². The lowest BCUT2D eigenvalue weighted by molar-refractivity contribution is -0.614. The normalized spacial score (nSPS) is 13.9. The number of carbonyl (C=O) groups is 2. The molecule has 2 N–H and O–H groups in total. The monoisotopic (exact) mass is 534 g/mol. The molecule has 0 saturated heterocycles. The van der Waals surface area contributed by atoms with Crippen LogP contribution in [0.15, 0.2) is 48.7 Å². The molecule has 1 fully saturated rings. The van der Waals surface area contributed by atoms with Gasteiger partial charge in [0.2, 0.25) is 11.6 Å². The highest BCUT2D eigenvalue weighted by atomic mass is 35.5. The predicted octanol–water partition coefficient (Wildman–Crippen LogP) is 5.91. The minimum absolute atomic E-state index is 0.00996. The number of benzene rings is 2. The number of carboxylic acid groups (broad SMARTS) is 1. The van der Waals surface area contributed by atoms with Gasteiger partial charge in [-0.3, -0.25) is 4.79 Å². The second-order valence-corrected chi connectivity index (χ2v) is 9.24. The Balaban J connectivity index is 1.70. The van der Waals surface area contributed by atoms with Gasteiger partial charge in [-0.2, -0.15) is 13.5 Å². The average molecular weight is 535 g/mol. The van der Waals surface area contributed by atoms with Gasteiger partial charge >= 0.3 is 12.6 Å². The number of ether oxygens (including phenoxy) is 1. The molecule has 0 bridgehead atoms. The van der Waals surface area contributed by atoms with E-state index in [0.29, 0.717) is 22.4 Å². The van der Waals surface area contributed by atoms with E-state index >= 15 is 0 Å². The van der Waals surface area contributed by atoms with E-state index < -0.39 is 36.0 Å². The van der Waals surface area contributed by atoms with Gasteiger partial charge < -0.3 is 20.4 Å². The van der Waals surface area contributed by atoms with Gasteiger partial charge in [0.1, 0.15) is 11.7 Å². The fourth-order valence-electron chi connectivity index (χ4n) is 4.13. The summed E-state index contributed by atoms with van der Waals surface area (Å²) in [7, 11) is 0. The number of hydrogen-bond donors (Lipinski definition) is 2. The Hall–Kier alpha value is -3.79. The van der Waals surface area contributed by atoms with Gasteiger partial charge in [-0.1, -0.05) is 24.4 Å². The molecule has 4 rings (SSSR count). The second kappa shape index (κ2) is 10.7. The molecule has 194 valence electrons. The number of anilines is 1. The minimum Gasteiger partial charge on any atom is -0.618 e. The average Bonchev–Trinajstić information content (AvgIpc) is 3.66. The van der Waals surface area contributed by atoms with Gasteiger partial charge in [0, 0.05) is 11.8 Å². The number of amides is 1. The molecule has 0 spiro atoms. The van der Waals surface area contributed by atoms with Crippen LogP contribution in [0.1, 0.15) is 46.8 Å². The van der Waals surface area contributed by atoms with Crippen molar-refractivity contribution in [1.29, 1.82) is 0 Å². The Bertz CT molecular complexity index is 1350. The number of aryl methyl sites for hydroxylation is 1. The molecule has 1 saturated carbocycles. The van der Waals surface area contributed by atoms with Crippen LogP contribution < -0.4 is 14.8 Å². The zero-order chi connectivity index (χ0) is 26.9. The smallest absolute Gasteiger partial charge is 0.387 e. The van der Waals surface area contributed by atoms with Crippen molar-refractivity contribution < 1.29 is 37.3 Å². The summed E-state index contributed by atoms with van der Waals surface area (Å²) >= 11 is 5.87. The molecule has 1 heterocycles. The molecule has 1 aliphatic carbocycles. The molecular weight excluding hydrogens is 513 g/mol. The number of hydrogen-bond acceptors (Lipinski definition) is 4. The van der Waals surface area contributed by atoms with Gasteiger partial charge in [-0.15, -0.1) is 0 Å². The van der Waals surface area contributed by atoms with Crippen LogP contribution in [0.2, 0.25) is 5.02 Å². The van der Waals surface area contributed by atoms with Crippen LogP contribution in [-0.4, -0.2) is 23.6 Å². The third-order valence-electron chi connectivity index (χ3n) is 6.17. The highest BCUT2D eigenvalue weighted by Crippen LogP contribution is 2.41. The van der Waals surface area contributed by atoms with Crippen LogP contribution >= 0.6 is 11.6 Å². The Kier molecular flexibility index (Phi) is 7.58. The molecule has 2 aromatic carbocycles. The fraction of sp³-hybridized carbons (Fsp3) is 0.269. The zero-order valence-corrected chi connectivity index (χ0v) is 20.3. The number of pyridine rings is 1. The summed E-state index contributed by atoms with van der Waals surface area (Å²) < 4.78 is 45.7. The summed E-state index contributed by atoms with van der Waals surface area (Å²) in [5, 5.41) is 24.6. The summed E-state index contributed by atoms with van der Waals surface area (Å²) in [4.78, 5) is 24.3. The van der Waals surface area contributed by atoms with Crippen molar-refractivity contribution in [3.05, 3.63) is 81.5 Å². The highest BCUT2D eigenvalue weighted by Gasteiger charge is 2.36. The van der Waals surface area contributed by atoms with Gasteiger partial charge in [0.15, 0.2) is 12.0 Å². The number of halogens is 4. The van der Waals surface area contributed by atoms with Gasteiger partial charge in [-0.25, -0.2) is 9.18 Å². The SMILES string of the molecule is Cc1cc([C@@H](CC2CC2)C(=O)Nc2ccc(C(=O)O)cc2)[n+]([O-])cc1-c1c(OC(F)F)ccc(Cl)c1F. The summed E-state index contributed by atoms with van der Waals surface area (Å²) in [6.07, 6.45) is 3.24. The number of aromatic nitrogens is 1. The van der Waals surface area contributed by atoms with E-state index in [1.807, 2.05) is 0 Å².